The van der Waals surface area contributed by atoms with E-state index in [-0.39, 0.29) is 0 Å². The summed E-state index contributed by atoms with van der Waals surface area (Å²) in [4.78, 5) is 0. The molecule has 6 heteroatoms. The van der Waals surface area contributed by atoms with Crippen molar-refractivity contribution >= 4 is 0 Å². The normalized spacial score (nSPS) is 18.9. The van der Waals surface area contributed by atoms with E-state index in [0.29, 0.717) is 5.82 Å². The predicted octanol–water partition coefficient (Wildman–Crippen LogP) is 1.10. The molecular weight excluding hydrogens is 204 g/mol. The highest BCUT2D eigenvalue weighted by atomic mass is 15.5. The first kappa shape index (κ1) is 9.50. The third-order valence-electron chi connectivity index (χ3n) is 3.21. The molecular formula is C10H14N6. The largest absolute Gasteiger partial charge is 0.274 e. The van der Waals surface area contributed by atoms with Crippen LogP contribution in [0, 0.1) is 5.92 Å². The molecule has 0 saturated heterocycles. The number of hydrogen-bond acceptors (Lipinski definition) is 4. The van der Waals surface area contributed by atoms with Gasteiger partial charge in [0.25, 0.3) is 0 Å². The topological polar surface area (TPSA) is 83.1 Å². The van der Waals surface area contributed by atoms with Crippen LogP contribution in [0.15, 0.2) is 0 Å². The molecule has 0 saturated carbocycles. The summed E-state index contributed by atoms with van der Waals surface area (Å²) in [5, 5.41) is 21.2. The molecule has 1 unspecified atom stereocenters. The van der Waals surface area contributed by atoms with Crippen molar-refractivity contribution in [2.75, 3.05) is 0 Å². The minimum Gasteiger partial charge on any atom is -0.274 e. The summed E-state index contributed by atoms with van der Waals surface area (Å²) in [6, 6.07) is 0. The van der Waals surface area contributed by atoms with E-state index in [1.165, 1.54) is 24.1 Å². The van der Waals surface area contributed by atoms with Gasteiger partial charge in [0, 0.05) is 5.56 Å². The second kappa shape index (κ2) is 3.70. The Morgan fingerprint density at radius 3 is 3.00 bits per heavy atom. The van der Waals surface area contributed by atoms with Crippen LogP contribution in [0.1, 0.15) is 31.0 Å². The molecule has 16 heavy (non-hydrogen) atoms. The molecule has 0 bridgehead atoms. The Labute approximate surface area is 92.8 Å². The average molecular weight is 218 g/mol. The lowest BCUT2D eigenvalue weighted by atomic mass is 10.0. The van der Waals surface area contributed by atoms with Crippen LogP contribution in [-0.4, -0.2) is 30.8 Å². The Hall–Kier alpha value is -1.72. The molecule has 2 aromatic rings. The van der Waals surface area contributed by atoms with Crippen LogP contribution < -0.4 is 0 Å². The molecule has 2 aromatic heterocycles. The Morgan fingerprint density at radius 1 is 1.31 bits per heavy atom. The highest BCUT2D eigenvalue weighted by Gasteiger charge is 2.27. The number of hydrogen-bond donors (Lipinski definition) is 2. The van der Waals surface area contributed by atoms with Gasteiger partial charge in [0.05, 0.1) is 5.69 Å². The summed E-state index contributed by atoms with van der Waals surface area (Å²) in [5.41, 5.74) is 3.43. The second-order valence-electron chi connectivity index (χ2n) is 4.34. The van der Waals surface area contributed by atoms with Gasteiger partial charge in [-0.25, -0.2) is 5.10 Å². The molecule has 1 aliphatic rings. The molecule has 3 rings (SSSR count). The van der Waals surface area contributed by atoms with Crippen LogP contribution in [0.3, 0.4) is 0 Å². The van der Waals surface area contributed by atoms with Crippen molar-refractivity contribution in [3.63, 3.8) is 0 Å². The molecule has 2 heterocycles. The van der Waals surface area contributed by atoms with Gasteiger partial charge in [0.1, 0.15) is 5.69 Å². The highest BCUT2D eigenvalue weighted by molar-refractivity contribution is 5.56. The summed E-state index contributed by atoms with van der Waals surface area (Å²) >= 11 is 0. The molecule has 0 aromatic carbocycles. The molecule has 1 aliphatic carbocycles. The first-order chi connectivity index (χ1) is 7.88. The molecule has 0 amide bonds. The van der Waals surface area contributed by atoms with Gasteiger partial charge < -0.3 is 0 Å². The quantitative estimate of drug-likeness (QED) is 0.808. The molecule has 0 spiro atoms. The maximum absolute atomic E-state index is 4.34. The fourth-order valence-electron chi connectivity index (χ4n) is 2.50. The van der Waals surface area contributed by atoms with Crippen molar-refractivity contribution in [3.8, 4) is 11.5 Å². The number of nitrogens with one attached hydrogen (secondary N) is 2. The summed E-state index contributed by atoms with van der Waals surface area (Å²) < 4.78 is 0. The van der Waals surface area contributed by atoms with Gasteiger partial charge in [-0.1, -0.05) is 19.8 Å². The molecule has 84 valence electrons. The number of fused-ring (bicyclic) bond motifs is 1. The number of tetrazole rings is 1. The Kier molecular flexibility index (Phi) is 2.19. The highest BCUT2D eigenvalue weighted by Crippen LogP contribution is 2.33. The molecule has 1 atom stereocenters. The van der Waals surface area contributed by atoms with Crippen molar-refractivity contribution < 1.29 is 0 Å². The first-order valence-corrected chi connectivity index (χ1v) is 5.68. The maximum atomic E-state index is 4.34. The van der Waals surface area contributed by atoms with Crippen LogP contribution in [0.2, 0.25) is 0 Å². The van der Waals surface area contributed by atoms with Crippen LogP contribution in [0.5, 0.6) is 0 Å². The van der Waals surface area contributed by atoms with Crippen LogP contribution in [0.25, 0.3) is 11.5 Å². The number of aromatic nitrogens is 6. The number of aromatic amines is 2. The van der Waals surface area contributed by atoms with E-state index in [1.807, 2.05) is 0 Å². The number of H-pyrrole nitrogens is 2. The van der Waals surface area contributed by atoms with E-state index in [0.717, 1.165) is 24.5 Å². The van der Waals surface area contributed by atoms with Crippen molar-refractivity contribution in [2.24, 2.45) is 5.92 Å². The van der Waals surface area contributed by atoms with Gasteiger partial charge in [0.15, 0.2) is 5.82 Å². The second-order valence-corrected chi connectivity index (χ2v) is 4.34. The molecule has 0 aliphatic heterocycles. The third-order valence-corrected chi connectivity index (χ3v) is 3.21. The Morgan fingerprint density at radius 2 is 2.25 bits per heavy atom. The zero-order valence-corrected chi connectivity index (χ0v) is 9.19. The standard InChI is InChI=1S/C10H14N6/c1-2-3-6-4-7-8(5-6)11-12-9(7)10-13-15-16-14-10/h6H,2-5H2,1H3,(H,11,12)(H,13,14,15,16). The first-order valence-electron chi connectivity index (χ1n) is 5.68. The minimum atomic E-state index is 0.686. The predicted molar refractivity (Wildman–Crippen MR) is 57.6 cm³/mol. The van der Waals surface area contributed by atoms with E-state index in [9.17, 15) is 0 Å². The van der Waals surface area contributed by atoms with Gasteiger partial charge in [-0.15, -0.1) is 5.10 Å². The zero-order chi connectivity index (χ0) is 11.0. The van der Waals surface area contributed by atoms with Crippen LogP contribution in [-0.2, 0) is 12.8 Å². The van der Waals surface area contributed by atoms with Crippen LogP contribution >= 0.6 is 0 Å². The minimum absolute atomic E-state index is 0.686. The van der Waals surface area contributed by atoms with E-state index >= 15 is 0 Å². The lowest BCUT2D eigenvalue weighted by Crippen LogP contribution is -2.00. The maximum Gasteiger partial charge on any atom is 0.197 e. The monoisotopic (exact) mass is 218 g/mol. The molecule has 0 fully saturated rings. The molecule has 0 radical (unpaired) electrons. The molecule has 6 nitrogen and oxygen atoms in total. The van der Waals surface area contributed by atoms with Gasteiger partial charge in [-0.05, 0) is 29.2 Å². The van der Waals surface area contributed by atoms with Gasteiger partial charge >= 0.3 is 0 Å². The van der Waals surface area contributed by atoms with Crippen molar-refractivity contribution in [3.05, 3.63) is 11.3 Å². The lowest BCUT2D eigenvalue weighted by Gasteiger charge is -2.05. The third kappa shape index (κ3) is 1.41. The summed E-state index contributed by atoms with van der Waals surface area (Å²) in [6.07, 6.45) is 4.68. The average Bonchev–Trinajstić information content (AvgIpc) is 2.90. The summed E-state index contributed by atoms with van der Waals surface area (Å²) in [7, 11) is 0. The number of nitrogens with zero attached hydrogens (tertiary/aromatic N) is 4. The molecule has 2 N–H and O–H groups in total. The number of rotatable bonds is 3. The Balaban J connectivity index is 1.90. The fourth-order valence-corrected chi connectivity index (χ4v) is 2.50. The van der Waals surface area contributed by atoms with Crippen molar-refractivity contribution in [1.82, 2.24) is 30.8 Å². The van der Waals surface area contributed by atoms with E-state index < -0.39 is 0 Å². The van der Waals surface area contributed by atoms with Crippen molar-refractivity contribution in [1.29, 1.82) is 0 Å². The zero-order valence-electron chi connectivity index (χ0n) is 9.19. The van der Waals surface area contributed by atoms with E-state index in [1.54, 1.807) is 0 Å². The van der Waals surface area contributed by atoms with Gasteiger partial charge in [-0.2, -0.15) is 5.10 Å². The van der Waals surface area contributed by atoms with Crippen LogP contribution in [0.4, 0.5) is 0 Å². The smallest absolute Gasteiger partial charge is 0.197 e. The van der Waals surface area contributed by atoms with E-state index in [4.69, 9.17) is 0 Å². The van der Waals surface area contributed by atoms with Gasteiger partial charge in [-0.3, -0.25) is 5.10 Å². The fraction of sp³-hybridized carbons (Fsp3) is 0.600. The van der Waals surface area contributed by atoms with Crippen molar-refractivity contribution in [2.45, 2.75) is 32.6 Å². The van der Waals surface area contributed by atoms with E-state index in [2.05, 4.69) is 37.7 Å². The summed E-state index contributed by atoms with van der Waals surface area (Å²) in [5.74, 6) is 1.43. The SMILES string of the molecule is CCCC1Cc2n[nH]c(-c3nnn[nH]3)c2C1. The summed E-state index contributed by atoms with van der Waals surface area (Å²) in [6.45, 7) is 2.23. The lowest BCUT2D eigenvalue weighted by molar-refractivity contribution is 0.501. The Bertz CT molecular complexity index is 471. The van der Waals surface area contributed by atoms with Gasteiger partial charge in [0.2, 0.25) is 0 Å².